The number of halogens is 3. The van der Waals surface area contributed by atoms with Crippen LogP contribution in [0.5, 0.6) is 0 Å². The van der Waals surface area contributed by atoms with E-state index in [9.17, 15) is 23.1 Å². The van der Waals surface area contributed by atoms with Crippen molar-refractivity contribution in [3.8, 4) is 0 Å². The number of hydrogen-bond acceptors (Lipinski definition) is 2. The van der Waals surface area contributed by atoms with Crippen LogP contribution in [0.25, 0.3) is 0 Å². The molecule has 0 fully saturated rings. The second kappa shape index (κ2) is 6.95. The molecule has 0 spiro atoms. The second-order valence-corrected chi connectivity index (χ2v) is 4.50. The van der Waals surface area contributed by atoms with Gasteiger partial charge in [0.15, 0.2) is 11.6 Å². The van der Waals surface area contributed by atoms with Gasteiger partial charge >= 0.3 is 6.03 Å². The van der Waals surface area contributed by atoms with E-state index in [0.29, 0.717) is 0 Å². The average molecular weight is 310 g/mol. The minimum Gasteiger partial charge on any atom is -0.386 e. The van der Waals surface area contributed by atoms with E-state index in [0.717, 1.165) is 12.1 Å². The summed E-state index contributed by atoms with van der Waals surface area (Å²) in [7, 11) is 0. The monoisotopic (exact) mass is 310 g/mol. The Balaban J connectivity index is 1.90. The Morgan fingerprint density at radius 1 is 1.05 bits per heavy atom. The fraction of sp³-hybridized carbons (Fsp3) is 0.133. The zero-order valence-corrected chi connectivity index (χ0v) is 11.3. The smallest absolute Gasteiger partial charge is 0.319 e. The van der Waals surface area contributed by atoms with E-state index in [1.807, 2.05) is 0 Å². The molecular weight excluding hydrogens is 297 g/mol. The van der Waals surface area contributed by atoms with E-state index in [4.69, 9.17) is 0 Å². The van der Waals surface area contributed by atoms with Crippen LogP contribution in [-0.2, 0) is 0 Å². The van der Waals surface area contributed by atoms with Crippen LogP contribution in [0.2, 0.25) is 0 Å². The summed E-state index contributed by atoms with van der Waals surface area (Å²) >= 11 is 0. The van der Waals surface area contributed by atoms with Crippen molar-refractivity contribution in [3.05, 3.63) is 65.5 Å². The average Bonchev–Trinajstić information content (AvgIpc) is 2.49. The van der Waals surface area contributed by atoms with Crippen LogP contribution in [0.3, 0.4) is 0 Å². The lowest BCUT2D eigenvalue weighted by Crippen LogP contribution is -2.32. The third-order valence-corrected chi connectivity index (χ3v) is 2.90. The summed E-state index contributed by atoms with van der Waals surface area (Å²) in [5, 5.41) is 14.4. The van der Waals surface area contributed by atoms with Gasteiger partial charge in [-0.05, 0) is 18.2 Å². The van der Waals surface area contributed by atoms with Crippen molar-refractivity contribution in [3.63, 3.8) is 0 Å². The minimum absolute atomic E-state index is 0.0515. The fourth-order valence-corrected chi connectivity index (χ4v) is 1.79. The molecule has 4 nitrogen and oxygen atoms in total. The van der Waals surface area contributed by atoms with Crippen LogP contribution in [0.15, 0.2) is 42.5 Å². The van der Waals surface area contributed by atoms with Crippen LogP contribution in [0.4, 0.5) is 23.7 Å². The van der Waals surface area contributed by atoms with Crippen LogP contribution in [0.1, 0.15) is 11.7 Å². The molecule has 0 aromatic heterocycles. The SMILES string of the molecule is O=C(NC[C@H](O)c1ccccc1F)Nc1ccc(F)c(F)c1. The number of carbonyl (C=O) groups is 1. The number of carbonyl (C=O) groups excluding carboxylic acids is 1. The number of benzene rings is 2. The van der Waals surface area contributed by atoms with Crippen molar-refractivity contribution < 1.29 is 23.1 Å². The lowest BCUT2D eigenvalue weighted by molar-refractivity contribution is 0.170. The highest BCUT2D eigenvalue weighted by Gasteiger charge is 2.13. The normalized spacial score (nSPS) is 11.8. The molecule has 116 valence electrons. The predicted molar refractivity (Wildman–Crippen MR) is 74.7 cm³/mol. The van der Waals surface area contributed by atoms with Crippen molar-refractivity contribution in [2.24, 2.45) is 0 Å². The van der Waals surface area contributed by atoms with Gasteiger partial charge in [-0.15, -0.1) is 0 Å². The van der Waals surface area contributed by atoms with E-state index >= 15 is 0 Å². The summed E-state index contributed by atoms with van der Waals surface area (Å²) in [6, 6.07) is 7.78. The van der Waals surface area contributed by atoms with E-state index in [-0.39, 0.29) is 17.8 Å². The van der Waals surface area contributed by atoms with Crippen molar-refractivity contribution >= 4 is 11.7 Å². The highest BCUT2D eigenvalue weighted by molar-refractivity contribution is 5.89. The maximum atomic E-state index is 13.4. The summed E-state index contributed by atoms with van der Waals surface area (Å²) in [6.07, 6.45) is -1.23. The molecule has 22 heavy (non-hydrogen) atoms. The van der Waals surface area contributed by atoms with Gasteiger partial charge in [0.25, 0.3) is 0 Å². The summed E-state index contributed by atoms with van der Waals surface area (Å²) in [5.74, 6) is -2.71. The number of rotatable bonds is 4. The lowest BCUT2D eigenvalue weighted by Gasteiger charge is -2.13. The molecule has 0 aliphatic carbocycles. The van der Waals surface area contributed by atoms with E-state index in [1.54, 1.807) is 6.07 Å². The van der Waals surface area contributed by atoms with Crippen molar-refractivity contribution in [1.29, 1.82) is 0 Å². The van der Waals surface area contributed by atoms with Crippen molar-refractivity contribution in [2.45, 2.75) is 6.10 Å². The zero-order chi connectivity index (χ0) is 16.1. The number of urea groups is 1. The Bertz CT molecular complexity index is 680. The molecule has 0 aliphatic rings. The first-order chi connectivity index (χ1) is 10.5. The largest absolute Gasteiger partial charge is 0.386 e. The Hall–Kier alpha value is -2.54. The van der Waals surface area contributed by atoms with Gasteiger partial charge in [-0.25, -0.2) is 18.0 Å². The number of aliphatic hydroxyl groups is 1. The van der Waals surface area contributed by atoms with Gasteiger partial charge < -0.3 is 15.7 Å². The maximum absolute atomic E-state index is 13.4. The Morgan fingerprint density at radius 2 is 1.77 bits per heavy atom. The molecule has 0 heterocycles. The van der Waals surface area contributed by atoms with Crippen molar-refractivity contribution in [1.82, 2.24) is 5.32 Å². The standard InChI is InChI=1S/C15H13F3N2O2/c16-11-4-2-1-3-10(11)14(21)8-19-15(22)20-9-5-6-12(17)13(18)7-9/h1-7,14,21H,8H2,(H2,19,20,22)/t14-/m0/s1. The molecule has 2 aromatic carbocycles. The van der Waals surface area contributed by atoms with E-state index in [1.165, 1.54) is 24.3 Å². The fourth-order valence-electron chi connectivity index (χ4n) is 1.79. The molecule has 7 heteroatoms. The van der Waals surface area contributed by atoms with Crippen LogP contribution < -0.4 is 10.6 Å². The highest BCUT2D eigenvalue weighted by Crippen LogP contribution is 2.16. The third-order valence-electron chi connectivity index (χ3n) is 2.90. The predicted octanol–water partition coefficient (Wildman–Crippen LogP) is 2.96. The van der Waals surface area contributed by atoms with Crippen LogP contribution >= 0.6 is 0 Å². The molecule has 0 radical (unpaired) electrons. The molecule has 0 bridgehead atoms. The first-order valence-electron chi connectivity index (χ1n) is 6.40. The molecule has 2 rings (SSSR count). The van der Waals surface area contributed by atoms with Gasteiger partial charge in [0, 0.05) is 23.9 Å². The molecule has 0 unspecified atom stereocenters. The first kappa shape index (κ1) is 15.8. The molecule has 3 N–H and O–H groups in total. The molecule has 2 amide bonds. The van der Waals surface area contributed by atoms with Gasteiger partial charge in [0.05, 0.1) is 6.10 Å². The van der Waals surface area contributed by atoms with Crippen LogP contribution in [-0.4, -0.2) is 17.7 Å². The summed E-state index contributed by atoms with van der Waals surface area (Å²) in [6.45, 7) is -0.240. The lowest BCUT2D eigenvalue weighted by atomic mass is 10.1. The molecule has 0 saturated heterocycles. The maximum Gasteiger partial charge on any atom is 0.319 e. The van der Waals surface area contributed by atoms with Crippen LogP contribution in [0, 0.1) is 17.5 Å². The molecule has 1 atom stereocenters. The molecule has 2 aromatic rings. The topological polar surface area (TPSA) is 61.4 Å². The van der Waals surface area contributed by atoms with Gasteiger partial charge in [0.2, 0.25) is 0 Å². The van der Waals surface area contributed by atoms with Gasteiger partial charge in [-0.1, -0.05) is 18.2 Å². The number of anilines is 1. The quantitative estimate of drug-likeness (QED) is 0.813. The van der Waals surface area contributed by atoms with Gasteiger partial charge in [0.1, 0.15) is 5.82 Å². The summed E-state index contributed by atoms with van der Waals surface area (Å²) in [5.41, 5.74) is 0.104. The number of hydrogen-bond donors (Lipinski definition) is 3. The zero-order valence-electron chi connectivity index (χ0n) is 11.3. The Kier molecular flexibility index (Phi) is 5.00. The van der Waals surface area contributed by atoms with Crippen molar-refractivity contribution in [2.75, 3.05) is 11.9 Å². The number of amides is 2. The van der Waals surface area contributed by atoms with Gasteiger partial charge in [-0.3, -0.25) is 0 Å². The van der Waals surface area contributed by atoms with E-state index in [2.05, 4.69) is 10.6 Å². The minimum atomic E-state index is -1.23. The number of aliphatic hydroxyl groups excluding tert-OH is 1. The van der Waals surface area contributed by atoms with E-state index < -0.39 is 29.6 Å². The Labute approximate surface area is 124 Å². The summed E-state index contributed by atoms with van der Waals surface area (Å²) < 4.78 is 39.2. The highest BCUT2D eigenvalue weighted by atomic mass is 19.2. The van der Waals surface area contributed by atoms with Gasteiger partial charge in [-0.2, -0.15) is 0 Å². The Morgan fingerprint density at radius 3 is 2.45 bits per heavy atom. The molecule has 0 saturated carbocycles. The number of nitrogens with one attached hydrogen (secondary N) is 2. The third kappa shape index (κ3) is 3.98. The first-order valence-corrected chi connectivity index (χ1v) is 6.40. The molecular formula is C15H13F3N2O2. The molecule has 0 aliphatic heterocycles. The second-order valence-electron chi connectivity index (χ2n) is 4.50. The summed E-state index contributed by atoms with van der Waals surface area (Å²) in [4.78, 5) is 11.6.